The van der Waals surface area contributed by atoms with E-state index in [2.05, 4.69) is 38.1 Å². The minimum absolute atomic E-state index is 0.297. The minimum atomic E-state index is -0.297. The van der Waals surface area contributed by atoms with Crippen LogP contribution in [0.15, 0.2) is 41.8 Å². The number of nitrogens with one attached hydrogen (secondary N) is 1. The topological polar surface area (TPSA) is 72.8 Å². The largest absolute Gasteiger partial charge is 0.493 e. The van der Waals surface area contributed by atoms with Gasteiger partial charge in [0.2, 0.25) is 0 Å². The van der Waals surface area contributed by atoms with E-state index in [1.54, 1.807) is 51.0 Å². The van der Waals surface area contributed by atoms with Crippen molar-refractivity contribution >= 4 is 34.7 Å². The van der Waals surface area contributed by atoms with Crippen LogP contribution in [-0.4, -0.2) is 31.3 Å². The van der Waals surface area contributed by atoms with Gasteiger partial charge in [-0.1, -0.05) is 0 Å². The molecule has 1 N–H and O–H groups in total. The lowest BCUT2D eigenvalue weighted by atomic mass is 10.2. The molecule has 0 aliphatic rings. The number of hydrogen-bond donors (Lipinski definition) is 1. The first-order valence-electron chi connectivity index (χ1n) is 6.30. The van der Waals surface area contributed by atoms with E-state index in [0.717, 1.165) is 9.13 Å². The van der Waals surface area contributed by atoms with Crippen molar-refractivity contribution in [3.63, 3.8) is 0 Å². The maximum absolute atomic E-state index is 11.8. The van der Waals surface area contributed by atoms with Gasteiger partial charge in [0.25, 0.3) is 5.91 Å². The summed E-state index contributed by atoms with van der Waals surface area (Å²) < 4.78 is 11.4. The highest BCUT2D eigenvalue weighted by Gasteiger charge is 2.09. The zero-order valence-corrected chi connectivity index (χ0v) is 14.2. The Hall–Kier alpha value is -2.16. The van der Waals surface area contributed by atoms with Gasteiger partial charge in [0.15, 0.2) is 11.5 Å². The van der Waals surface area contributed by atoms with Crippen molar-refractivity contribution in [2.75, 3.05) is 14.2 Å². The Balaban J connectivity index is 2.10. The van der Waals surface area contributed by atoms with Gasteiger partial charge < -0.3 is 9.47 Å². The molecule has 0 atom stereocenters. The quantitative estimate of drug-likeness (QED) is 0.466. The van der Waals surface area contributed by atoms with Crippen LogP contribution in [0, 0.1) is 3.57 Å². The molecule has 0 saturated carbocycles. The summed E-state index contributed by atoms with van der Waals surface area (Å²) in [6, 6.07) is 6.89. The van der Waals surface area contributed by atoms with Crippen LogP contribution < -0.4 is 14.9 Å². The van der Waals surface area contributed by atoms with Gasteiger partial charge in [0.05, 0.1) is 24.0 Å². The summed E-state index contributed by atoms with van der Waals surface area (Å²) in [6.07, 6.45) is 4.65. The molecule has 0 spiro atoms. The van der Waals surface area contributed by atoms with Crippen molar-refractivity contribution < 1.29 is 14.3 Å². The van der Waals surface area contributed by atoms with Gasteiger partial charge in [-0.3, -0.25) is 9.78 Å². The molecular formula is C15H14IN3O3. The fraction of sp³-hybridized carbons (Fsp3) is 0.133. The summed E-state index contributed by atoms with van der Waals surface area (Å²) in [5.41, 5.74) is 3.74. The van der Waals surface area contributed by atoms with E-state index in [-0.39, 0.29) is 5.91 Å². The van der Waals surface area contributed by atoms with Crippen LogP contribution in [0.1, 0.15) is 15.9 Å². The predicted molar refractivity (Wildman–Crippen MR) is 91.6 cm³/mol. The maximum Gasteiger partial charge on any atom is 0.271 e. The number of hydrazone groups is 1. The number of methoxy groups -OCH3 is 2. The molecule has 1 aromatic heterocycles. The fourth-order valence-electron chi connectivity index (χ4n) is 1.75. The van der Waals surface area contributed by atoms with E-state index >= 15 is 0 Å². The Labute approximate surface area is 141 Å². The summed E-state index contributed by atoms with van der Waals surface area (Å²) >= 11 is 2.15. The average molecular weight is 411 g/mol. The first-order chi connectivity index (χ1) is 10.7. The molecule has 0 aliphatic carbocycles. The van der Waals surface area contributed by atoms with E-state index in [1.165, 1.54) is 0 Å². The van der Waals surface area contributed by atoms with Gasteiger partial charge in [-0.2, -0.15) is 5.10 Å². The SMILES string of the molecule is COc1cc(C=NNC(=O)c2ccncc2)cc(I)c1OC. The molecule has 2 aromatic rings. The van der Waals surface area contributed by atoms with Gasteiger partial charge >= 0.3 is 0 Å². The second-order valence-corrected chi connectivity index (χ2v) is 5.34. The summed E-state index contributed by atoms with van der Waals surface area (Å²) in [5.74, 6) is 0.978. The molecular weight excluding hydrogens is 397 g/mol. The first kappa shape index (κ1) is 16.2. The summed E-state index contributed by atoms with van der Waals surface area (Å²) in [5, 5.41) is 3.95. The number of pyridine rings is 1. The molecule has 2 rings (SSSR count). The van der Waals surface area contributed by atoms with Crippen molar-refractivity contribution in [2.24, 2.45) is 5.10 Å². The predicted octanol–water partition coefficient (Wildman–Crippen LogP) is 2.47. The third-order valence-corrected chi connectivity index (χ3v) is 3.58. The first-order valence-corrected chi connectivity index (χ1v) is 7.38. The standard InChI is InChI=1S/C15H14IN3O3/c1-21-13-8-10(7-12(16)14(13)22-2)9-18-19-15(20)11-3-5-17-6-4-11/h3-9H,1-2H3,(H,19,20). The van der Waals surface area contributed by atoms with Crippen LogP contribution in [0.3, 0.4) is 0 Å². The van der Waals surface area contributed by atoms with Crippen LogP contribution in [0.25, 0.3) is 0 Å². The number of nitrogens with zero attached hydrogens (tertiary/aromatic N) is 2. The number of aromatic nitrogens is 1. The second-order valence-electron chi connectivity index (χ2n) is 4.17. The van der Waals surface area contributed by atoms with Crippen LogP contribution in [0.5, 0.6) is 11.5 Å². The zero-order chi connectivity index (χ0) is 15.9. The molecule has 1 amide bonds. The molecule has 114 valence electrons. The van der Waals surface area contributed by atoms with Gasteiger partial charge in [0, 0.05) is 18.0 Å². The number of amides is 1. The van der Waals surface area contributed by atoms with Crippen molar-refractivity contribution in [3.05, 3.63) is 51.4 Å². The number of ether oxygens (including phenoxy) is 2. The van der Waals surface area contributed by atoms with E-state index < -0.39 is 0 Å². The Morgan fingerprint density at radius 3 is 2.64 bits per heavy atom. The molecule has 0 aliphatic heterocycles. The highest BCUT2D eigenvalue weighted by Crippen LogP contribution is 2.32. The van der Waals surface area contributed by atoms with E-state index in [1.807, 2.05) is 6.07 Å². The van der Waals surface area contributed by atoms with E-state index in [9.17, 15) is 4.79 Å². The highest BCUT2D eigenvalue weighted by molar-refractivity contribution is 14.1. The monoisotopic (exact) mass is 411 g/mol. The molecule has 0 fully saturated rings. The van der Waals surface area contributed by atoms with Crippen molar-refractivity contribution in [3.8, 4) is 11.5 Å². The van der Waals surface area contributed by atoms with Crippen LogP contribution in [0.4, 0.5) is 0 Å². The Kier molecular flexibility index (Phi) is 5.70. The lowest BCUT2D eigenvalue weighted by Gasteiger charge is -2.10. The smallest absolute Gasteiger partial charge is 0.271 e. The Morgan fingerprint density at radius 1 is 1.27 bits per heavy atom. The van der Waals surface area contributed by atoms with Gasteiger partial charge in [-0.25, -0.2) is 5.43 Å². The number of halogens is 1. The Bertz CT molecular complexity index is 690. The molecule has 1 heterocycles. The second kappa shape index (κ2) is 7.74. The van der Waals surface area contributed by atoms with E-state index in [0.29, 0.717) is 17.1 Å². The van der Waals surface area contributed by atoms with Crippen LogP contribution >= 0.6 is 22.6 Å². The summed E-state index contributed by atoms with van der Waals surface area (Å²) in [7, 11) is 3.16. The molecule has 6 nitrogen and oxygen atoms in total. The number of carbonyl (C=O) groups excluding carboxylic acids is 1. The minimum Gasteiger partial charge on any atom is -0.493 e. The lowest BCUT2D eigenvalue weighted by Crippen LogP contribution is -2.17. The Morgan fingerprint density at radius 2 is 2.00 bits per heavy atom. The molecule has 22 heavy (non-hydrogen) atoms. The van der Waals surface area contributed by atoms with Crippen molar-refractivity contribution in [1.29, 1.82) is 0 Å². The molecule has 7 heteroatoms. The number of benzene rings is 1. The number of hydrogen-bond acceptors (Lipinski definition) is 5. The van der Waals surface area contributed by atoms with Gasteiger partial charge in [0.1, 0.15) is 0 Å². The van der Waals surface area contributed by atoms with Crippen molar-refractivity contribution in [1.82, 2.24) is 10.4 Å². The van der Waals surface area contributed by atoms with Gasteiger partial charge in [-0.15, -0.1) is 0 Å². The average Bonchev–Trinajstić information content (AvgIpc) is 2.55. The van der Waals surface area contributed by atoms with Crippen LogP contribution in [-0.2, 0) is 0 Å². The van der Waals surface area contributed by atoms with Gasteiger partial charge in [-0.05, 0) is 52.4 Å². The molecule has 0 unspecified atom stereocenters. The summed E-state index contributed by atoms with van der Waals surface area (Å²) in [4.78, 5) is 15.7. The zero-order valence-electron chi connectivity index (χ0n) is 12.0. The number of rotatable bonds is 5. The molecule has 0 radical (unpaired) electrons. The third-order valence-electron chi connectivity index (χ3n) is 2.78. The normalized spacial score (nSPS) is 10.5. The lowest BCUT2D eigenvalue weighted by molar-refractivity contribution is 0.0955. The van der Waals surface area contributed by atoms with Crippen LogP contribution in [0.2, 0.25) is 0 Å². The maximum atomic E-state index is 11.8. The number of carbonyl (C=O) groups is 1. The molecule has 1 aromatic carbocycles. The highest BCUT2D eigenvalue weighted by atomic mass is 127. The molecule has 0 bridgehead atoms. The third kappa shape index (κ3) is 3.94. The van der Waals surface area contributed by atoms with Crippen molar-refractivity contribution in [2.45, 2.75) is 0 Å². The fourth-order valence-corrected chi connectivity index (χ4v) is 2.59. The molecule has 0 saturated heterocycles. The summed E-state index contributed by atoms with van der Waals surface area (Å²) in [6.45, 7) is 0. The van der Waals surface area contributed by atoms with E-state index in [4.69, 9.17) is 9.47 Å².